The molecule has 0 aromatic heterocycles. The van der Waals surface area contributed by atoms with Crippen LogP contribution in [0.3, 0.4) is 0 Å². The molecule has 0 radical (unpaired) electrons. The van der Waals surface area contributed by atoms with E-state index < -0.39 is 17.0 Å². The predicted octanol–water partition coefficient (Wildman–Crippen LogP) is 1.47. The van der Waals surface area contributed by atoms with Crippen molar-refractivity contribution in [2.45, 2.75) is 33.0 Å². The first-order valence-electron chi connectivity index (χ1n) is 3.87. The molecule has 0 bridgehead atoms. The molecule has 0 fully saturated rings. The smallest absolute Gasteiger partial charge is 0.303 e. The van der Waals surface area contributed by atoms with E-state index in [9.17, 15) is 4.79 Å². The second-order valence-electron chi connectivity index (χ2n) is 3.63. The summed E-state index contributed by atoms with van der Waals surface area (Å²) in [7, 11) is 0. The molecule has 1 N–H and O–H groups in total. The number of aliphatic carboxylic acids is 1. The zero-order valence-electron chi connectivity index (χ0n) is 8.43. The first-order valence-corrected chi connectivity index (χ1v) is 10.3. The van der Waals surface area contributed by atoms with Gasteiger partial charge in [0.2, 0.25) is 0 Å². The molecule has 0 spiro atoms. The van der Waals surface area contributed by atoms with Crippen LogP contribution >= 0.6 is 0 Å². The largest absolute Gasteiger partial charge is 0.481 e. The summed E-state index contributed by atoms with van der Waals surface area (Å²) in [5, 5.41) is 7.80. The molecule has 1 unspecified atom stereocenters. The van der Waals surface area contributed by atoms with Crippen LogP contribution in [-0.4, -0.2) is 42.7 Å². The molecule has 0 heterocycles. The number of hydrogen-bond acceptors (Lipinski definition) is 1. The molecule has 4 heteroatoms. The summed E-state index contributed by atoms with van der Waals surface area (Å²) in [6.45, 7) is 8.47. The van der Waals surface area contributed by atoms with Crippen LogP contribution in [0.5, 0.6) is 0 Å². The SMILES string of the molecule is C[Si](C)(C)[Na].[2H]C(C)C(=O)O. The number of carboxylic acid groups (broad SMARTS) is 1. The van der Waals surface area contributed by atoms with E-state index in [1.54, 1.807) is 0 Å². The van der Waals surface area contributed by atoms with E-state index in [2.05, 4.69) is 19.6 Å². The normalized spacial score (nSPS) is 14.4. The topological polar surface area (TPSA) is 37.3 Å². The number of carbonyl (C=O) groups is 1. The van der Waals surface area contributed by atoms with Gasteiger partial charge in [-0.05, 0) is 0 Å². The van der Waals surface area contributed by atoms with E-state index in [0.717, 1.165) is 0 Å². The summed E-state index contributed by atoms with van der Waals surface area (Å²) in [6, 6.07) is 0. The molecule has 1 atom stereocenters. The Labute approximate surface area is 81.6 Å². The van der Waals surface area contributed by atoms with Gasteiger partial charge in [0.05, 0.1) is 0 Å². The van der Waals surface area contributed by atoms with Gasteiger partial charge < -0.3 is 5.11 Å². The standard InChI is InChI=1S/C3H6O2.C3H9Si.Na/c1-2-3(4)5;1-4(2)3;/h2H2,1H3,(H,4,5);1-3H3;/i2D;;. The molecular weight excluding hydrogens is 155 g/mol. The third kappa shape index (κ3) is 71.1. The van der Waals surface area contributed by atoms with Gasteiger partial charge >= 0.3 is 57.3 Å². The Hall–Kier alpha value is 0.687. The minimum atomic E-state index is -1.07. The van der Waals surface area contributed by atoms with Gasteiger partial charge in [0.1, 0.15) is 0 Å². The van der Waals surface area contributed by atoms with E-state index in [1.807, 2.05) is 0 Å². The summed E-state index contributed by atoms with van der Waals surface area (Å²) in [6.07, 6.45) is -0.981. The third-order valence-electron chi connectivity index (χ3n) is 0.247. The van der Waals surface area contributed by atoms with Crippen LogP contribution in [0.25, 0.3) is 0 Å². The second kappa shape index (κ2) is 6.40. The Morgan fingerprint density at radius 1 is 1.70 bits per heavy atom. The maximum atomic E-state index is 9.51. The zero-order valence-corrected chi connectivity index (χ0v) is 10.4. The van der Waals surface area contributed by atoms with Crippen molar-refractivity contribution in [1.82, 2.24) is 0 Å². The van der Waals surface area contributed by atoms with Gasteiger partial charge in [0.25, 0.3) is 0 Å². The van der Waals surface area contributed by atoms with Crippen LogP contribution in [0.2, 0.25) is 19.6 Å². The van der Waals surface area contributed by atoms with Crippen LogP contribution in [0.4, 0.5) is 0 Å². The average Bonchev–Trinajstić information content (AvgIpc) is 1.59. The van der Waals surface area contributed by atoms with E-state index in [4.69, 9.17) is 6.48 Å². The average molecular weight is 171 g/mol. The predicted molar refractivity (Wildman–Crippen MR) is 47.0 cm³/mol. The van der Waals surface area contributed by atoms with Gasteiger partial charge in [-0.2, -0.15) is 0 Å². The Morgan fingerprint density at radius 3 is 1.80 bits per heavy atom. The molecule has 0 saturated carbocycles. The van der Waals surface area contributed by atoms with Crippen molar-refractivity contribution in [3.05, 3.63) is 0 Å². The molecule has 56 valence electrons. The van der Waals surface area contributed by atoms with Gasteiger partial charge in [-0.1, -0.05) is 6.92 Å². The molecule has 0 aromatic rings. The van der Waals surface area contributed by atoms with Crippen molar-refractivity contribution in [2.24, 2.45) is 0 Å². The zero-order chi connectivity index (χ0) is 9.65. The monoisotopic (exact) mass is 171 g/mol. The Kier molecular flexibility index (Phi) is 6.84. The minimum absolute atomic E-state index is 0.472. The number of hydrogen-bond donors (Lipinski definition) is 1. The Bertz CT molecular complexity index is 116. The van der Waals surface area contributed by atoms with Gasteiger partial charge in [0.15, 0.2) is 0 Å². The molecule has 0 aliphatic carbocycles. The van der Waals surface area contributed by atoms with Crippen LogP contribution in [0.1, 0.15) is 14.7 Å². The van der Waals surface area contributed by atoms with E-state index in [1.165, 1.54) is 33.9 Å². The number of rotatable bonds is 1. The van der Waals surface area contributed by atoms with Gasteiger partial charge in [-0.25, -0.2) is 0 Å². The third-order valence-corrected chi connectivity index (χ3v) is 0.247. The van der Waals surface area contributed by atoms with Crippen LogP contribution in [0, 0.1) is 0 Å². The van der Waals surface area contributed by atoms with Crippen LogP contribution in [0.15, 0.2) is 0 Å². The molecule has 0 aliphatic heterocycles. The van der Waals surface area contributed by atoms with Crippen molar-refractivity contribution in [3.8, 4) is 0 Å². The first kappa shape index (κ1) is 10.7. The molecule has 0 saturated heterocycles. The Balaban J connectivity index is 0. The molecule has 0 aromatic carbocycles. The summed E-state index contributed by atoms with van der Waals surface area (Å²) < 4.78 is 5.96. The molecular formula is C6H15NaO2Si. The van der Waals surface area contributed by atoms with Gasteiger partial charge in [-0.3, -0.25) is 4.79 Å². The van der Waals surface area contributed by atoms with Crippen LogP contribution < -0.4 is 0 Å². The summed E-state index contributed by atoms with van der Waals surface area (Å²) in [5.41, 5.74) is 0. The maximum absolute atomic E-state index is 9.51. The molecule has 2 nitrogen and oxygen atoms in total. The summed E-state index contributed by atoms with van der Waals surface area (Å²) in [5.74, 6) is -1.07. The van der Waals surface area contributed by atoms with Gasteiger partial charge in [-0.15, -0.1) is 0 Å². The molecule has 0 aliphatic rings. The van der Waals surface area contributed by atoms with Crippen molar-refractivity contribution >= 4 is 37.6 Å². The van der Waals surface area contributed by atoms with Crippen molar-refractivity contribution < 1.29 is 11.3 Å². The van der Waals surface area contributed by atoms with E-state index in [0.29, 0.717) is 0 Å². The van der Waals surface area contributed by atoms with E-state index >= 15 is 0 Å². The van der Waals surface area contributed by atoms with Crippen molar-refractivity contribution in [2.75, 3.05) is 0 Å². The van der Waals surface area contributed by atoms with Crippen molar-refractivity contribution in [3.63, 3.8) is 0 Å². The minimum Gasteiger partial charge on any atom is -0.481 e. The van der Waals surface area contributed by atoms with Crippen LogP contribution in [-0.2, 0) is 4.79 Å². The fourth-order valence-electron chi connectivity index (χ4n) is 0. The molecule has 0 rings (SSSR count). The fraction of sp³-hybridized carbons (Fsp3) is 0.833. The maximum Gasteiger partial charge on any atom is 0.303 e. The van der Waals surface area contributed by atoms with E-state index in [-0.39, 0.29) is 0 Å². The molecule has 10 heavy (non-hydrogen) atoms. The summed E-state index contributed by atoms with van der Waals surface area (Å²) in [4.78, 5) is 9.51. The second-order valence-corrected chi connectivity index (χ2v) is 18.6. The van der Waals surface area contributed by atoms with Gasteiger partial charge in [0, 0.05) is 7.77 Å². The number of carboxylic acids is 1. The molecule has 0 amide bonds. The quantitative estimate of drug-likeness (QED) is 0.607. The summed E-state index contributed by atoms with van der Waals surface area (Å²) >= 11 is 1.45. The Morgan fingerprint density at radius 2 is 1.80 bits per heavy atom. The first-order chi connectivity index (χ1) is 4.64. The fourth-order valence-corrected chi connectivity index (χ4v) is 0. The van der Waals surface area contributed by atoms with Crippen molar-refractivity contribution in [1.29, 1.82) is 0 Å².